The van der Waals surface area contributed by atoms with Crippen LogP contribution in [0.25, 0.3) is 11.3 Å². The van der Waals surface area contributed by atoms with Gasteiger partial charge in [0.1, 0.15) is 11.1 Å². The lowest BCUT2D eigenvalue weighted by atomic mass is 9.97. The fourth-order valence-electron chi connectivity index (χ4n) is 3.95. The minimum absolute atomic E-state index is 0.0937. The van der Waals surface area contributed by atoms with Crippen molar-refractivity contribution in [3.8, 4) is 17.0 Å². The largest absolute Gasteiger partial charge is 0.425 e. The minimum Gasteiger partial charge on any atom is -0.425 e. The van der Waals surface area contributed by atoms with Crippen molar-refractivity contribution in [3.63, 3.8) is 0 Å². The number of aryl methyl sites for hydroxylation is 1. The van der Waals surface area contributed by atoms with Gasteiger partial charge >= 0.3 is 5.97 Å². The van der Waals surface area contributed by atoms with Crippen molar-refractivity contribution in [2.24, 2.45) is 11.8 Å². The predicted octanol–water partition coefficient (Wildman–Crippen LogP) is 8.63. The summed E-state index contributed by atoms with van der Waals surface area (Å²) in [7, 11) is 0. The number of halogens is 1. The first-order valence-electron chi connectivity index (χ1n) is 12.8. The number of pyridine rings is 1. The Hall–Kier alpha value is -1.87. The van der Waals surface area contributed by atoms with E-state index in [1.807, 2.05) is 37.4 Å². The van der Waals surface area contributed by atoms with Gasteiger partial charge in [0, 0.05) is 11.8 Å². The Labute approximate surface area is 206 Å². The average molecular weight is 472 g/mol. The van der Waals surface area contributed by atoms with E-state index in [1.54, 1.807) is 0 Å². The first-order valence-corrected chi connectivity index (χ1v) is 13.3. The van der Waals surface area contributed by atoms with Gasteiger partial charge in [-0.1, -0.05) is 78.7 Å². The number of rotatable bonds is 15. The summed E-state index contributed by atoms with van der Waals surface area (Å²) in [6.07, 6.45) is 14.1. The van der Waals surface area contributed by atoms with Gasteiger partial charge in [0.2, 0.25) is 0 Å². The smallest absolute Gasteiger partial charge is 0.329 e. The van der Waals surface area contributed by atoms with Crippen molar-refractivity contribution in [1.29, 1.82) is 0 Å². The highest BCUT2D eigenvalue weighted by atomic mass is 35.5. The van der Waals surface area contributed by atoms with Crippen LogP contribution in [0.2, 0.25) is 0 Å². The number of aromatic nitrogens is 1. The van der Waals surface area contributed by atoms with Crippen LogP contribution in [0.4, 0.5) is 0 Å². The van der Waals surface area contributed by atoms with Crippen molar-refractivity contribution in [2.75, 3.05) is 0 Å². The van der Waals surface area contributed by atoms with Gasteiger partial charge in [-0.15, -0.1) is 11.6 Å². The van der Waals surface area contributed by atoms with Crippen LogP contribution in [0, 0.1) is 11.8 Å². The average Bonchev–Trinajstić information content (AvgIpc) is 2.81. The highest BCUT2D eigenvalue weighted by Gasteiger charge is 2.24. The van der Waals surface area contributed by atoms with Crippen LogP contribution >= 0.6 is 11.6 Å². The lowest BCUT2D eigenvalue weighted by Gasteiger charge is -2.17. The first-order chi connectivity index (χ1) is 15.9. The Morgan fingerprint density at radius 2 is 1.61 bits per heavy atom. The maximum Gasteiger partial charge on any atom is 0.329 e. The Balaban J connectivity index is 1.81. The Morgan fingerprint density at radius 3 is 2.24 bits per heavy atom. The zero-order chi connectivity index (χ0) is 24.1. The molecule has 0 N–H and O–H groups in total. The molecule has 0 saturated heterocycles. The molecule has 0 aliphatic carbocycles. The van der Waals surface area contributed by atoms with Crippen molar-refractivity contribution in [1.82, 2.24) is 4.98 Å². The van der Waals surface area contributed by atoms with Gasteiger partial charge in [-0.2, -0.15) is 0 Å². The molecule has 3 nitrogen and oxygen atoms in total. The lowest BCUT2D eigenvalue weighted by Crippen LogP contribution is -2.27. The molecule has 33 heavy (non-hydrogen) atoms. The third-order valence-electron chi connectivity index (χ3n) is 6.18. The van der Waals surface area contributed by atoms with Crippen molar-refractivity contribution in [3.05, 3.63) is 48.2 Å². The van der Waals surface area contributed by atoms with Crippen LogP contribution in [-0.2, 0) is 11.2 Å². The Kier molecular flexibility index (Phi) is 12.5. The molecule has 2 atom stereocenters. The standard InChI is InChI=1S/C29H42ClNO2/c1-5-6-7-8-9-10-14-24-15-20-27(31-21-24)25-16-18-26(19-17-25)33-29(32)28(30)23(4)13-11-12-22(2)3/h15-23,28H,5-14H2,1-4H3. The number of nitrogens with zero attached hydrogens (tertiary/aromatic N) is 1. The molecule has 0 bridgehead atoms. The second-order valence-electron chi connectivity index (χ2n) is 9.72. The first kappa shape index (κ1) is 27.4. The van der Waals surface area contributed by atoms with Crippen molar-refractivity contribution >= 4 is 17.6 Å². The number of carbonyl (C=O) groups is 1. The highest BCUT2D eigenvalue weighted by Crippen LogP contribution is 2.24. The van der Waals surface area contributed by atoms with Gasteiger partial charge < -0.3 is 4.74 Å². The molecular weight excluding hydrogens is 430 g/mol. The molecule has 4 heteroatoms. The summed E-state index contributed by atoms with van der Waals surface area (Å²) in [4.78, 5) is 17.1. The molecular formula is C29H42ClNO2. The van der Waals surface area contributed by atoms with E-state index >= 15 is 0 Å². The molecule has 0 amide bonds. The van der Waals surface area contributed by atoms with E-state index in [0.29, 0.717) is 11.7 Å². The molecule has 182 valence electrons. The summed E-state index contributed by atoms with van der Waals surface area (Å²) in [5.74, 6) is 0.904. The van der Waals surface area contributed by atoms with E-state index in [4.69, 9.17) is 16.3 Å². The summed E-state index contributed by atoms with van der Waals surface area (Å²) < 4.78 is 5.52. The molecule has 0 aliphatic heterocycles. The molecule has 2 unspecified atom stereocenters. The zero-order valence-electron chi connectivity index (χ0n) is 21.0. The van der Waals surface area contributed by atoms with Crippen LogP contribution in [0.5, 0.6) is 5.75 Å². The number of ether oxygens (including phenoxy) is 1. The Bertz CT molecular complexity index is 801. The zero-order valence-corrected chi connectivity index (χ0v) is 21.7. The van der Waals surface area contributed by atoms with Crippen molar-refractivity contribution in [2.45, 2.75) is 97.3 Å². The summed E-state index contributed by atoms with van der Waals surface area (Å²) in [6.45, 7) is 8.69. The van der Waals surface area contributed by atoms with Gasteiger partial charge in [0.25, 0.3) is 0 Å². The maximum atomic E-state index is 12.4. The monoisotopic (exact) mass is 471 g/mol. The van der Waals surface area contributed by atoms with Crippen LogP contribution < -0.4 is 4.74 Å². The van der Waals surface area contributed by atoms with E-state index in [0.717, 1.165) is 36.9 Å². The van der Waals surface area contributed by atoms with Gasteiger partial charge in [0.15, 0.2) is 0 Å². The summed E-state index contributed by atoms with van der Waals surface area (Å²) >= 11 is 6.37. The number of hydrogen-bond acceptors (Lipinski definition) is 3. The number of esters is 1. The summed E-state index contributed by atoms with van der Waals surface area (Å²) in [6, 6.07) is 11.7. The number of unbranched alkanes of at least 4 members (excludes halogenated alkanes) is 5. The molecule has 2 rings (SSSR count). The van der Waals surface area contributed by atoms with Gasteiger partial charge in [-0.3, -0.25) is 9.78 Å². The number of alkyl halides is 1. The Morgan fingerprint density at radius 1 is 0.909 bits per heavy atom. The van der Waals surface area contributed by atoms with Gasteiger partial charge in [0.05, 0.1) is 5.69 Å². The quantitative estimate of drug-likeness (QED) is 0.113. The number of benzene rings is 1. The summed E-state index contributed by atoms with van der Waals surface area (Å²) in [5.41, 5.74) is 3.22. The van der Waals surface area contributed by atoms with E-state index in [9.17, 15) is 4.79 Å². The van der Waals surface area contributed by atoms with Crippen LogP contribution in [0.1, 0.15) is 91.0 Å². The van der Waals surface area contributed by atoms with Crippen LogP contribution in [0.15, 0.2) is 42.6 Å². The fourth-order valence-corrected chi connectivity index (χ4v) is 4.12. The molecule has 0 aliphatic rings. The molecule has 1 heterocycles. The molecule has 0 fully saturated rings. The lowest BCUT2D eigenvalue weighted by molar-refractivity contribution is -0.134. The van der Waals surface area contributed by atoms with E-state index in [1.165, 1.54) is 44.1 Å². The van der Waals surface area contributed by atoms with Crippen LogP contribution in [0.3, 0.4) is 0 Å². The maximum absolute atomic E-state index is 12.4. The minimum atomic E-state index is -0.627. The van der Waals surface area contributed by atoms with Crippen LogP contribution in [-0.4, -0.2) is 16.3 Å². The highest BCUT2D eigenvalue weighted by molar-refractivity contribution is 6.30. The fraction of sp³-hybridized carbons (Fsp3) is 0.586. The van der Waals surface area contributed by atoms with Gasteiger partial charge in [-0.05, 0) is 67.0 Å². The summed E-state index contributed by atoms with van der Waals surface area (Å²) in [5, 5.41) is -0.627. The van der Waals surface area contributed by atoms with Crippen molar-refractivity contribution < 1.29 is 9.53 Å². The van der Waals surface area contributed by atoms with E-state index in [2.05, 4.69) is 37.9 Å². The molecule has 0 saturated carbocycles. The second-order valence-corrected chi connectivity index (χ2v) is 10.2. The van der Waals surface area contributed by atoms with E-state index < -0.39 is 5.38 Å². The topological polar surface area (TPSA) is 39.2 Å². The second kappa shape index (κ2) is 15.1. The molecule has 0 radical (unpaired) electrons. The van der Waals surface area contributed by atoms with E-state index in [-0.39, 0.29) is 11.9 Å². The normalized spacial score (nSPS) is 13.2. The molecule has 0 spiro atoms. The number of hydrogen-bond donors (Lipinski definition) is 0. The van der Waals surface area contributed by atoms with Gasteiger partial charge in [-0.25, -0.2) is 0 Å². The molecule has 1 aromatic carbocycles. The SMILES string of the molecule is CCCCCCCCc1ccc(-c2ccc(OC(=O)C(Cl)C(C)CCCC(C)C)cc2)nc1. The molecule has 1 aromatic heterocycles. The molecule has 2 aromatic rings. The predicted molar refractivity (Wildman–Crippen MR) is 140 cm³/mol. The number of carbonyl (C=O) groups excluding carboxylic acids is 1. The third-order valence-corrected chi connectivity index (χ3v) is 6.79. The third kappa shape index (κ3) is 10.3.